The lowest BCUT2D eigenvalue weighted by atomic mass is 10.2. The van der Waals surface area contributed by atoms with Gasteiger partial charge in [0.05, 0.1) is 11.9 Å². The lowest BCUT2D eigenvalue weighted by Crippen LogP contribution is -2.25. The van der Waals surface area contributed by atoms with Gasteiger partial charge in [-0.2, -0.15) is 18.3 Å². The molecule has 0 aliphatic carbocycles. The van der Waals surface area contributed by atoms with E-state index in [1.807, 2.05) is 0 Å². The van der Waals surface area contributed by atoms with Crippen molar-refractivity contribution in [3.8, 4) is 11.4 Å². The number of nitrogens with zero attached hydrogens (tertiary/aromatic N) is 2. The summed E-state index contributed by atoms with van der Waals surface area (Å²) in [6, 6.07) is 4.40. The fourth-order valence-corrected chi connectivity index (χ4v) is 2.13. The van der Waals surface area contributed by atoms with Crippen LogP contribution in [-0.2, 0) is 6.18 Å². The number of benzene rings is 1. The molecule has 0 aliphatic rings. The van der Waals surface area contributed by atoms with Crippen molar-refractivity contribution in [3.05, 3.63) is 52.7 Å². The minimum Gasteiger partial charge on any atom is -0.508 e. The van der Waals surface area contributed by atoms with Crippen molar-refractivity contribution >= 4 is 10.8 Å². The maximum atomic E-state index is 13.0. The Hall–Kier alpha value is -2.77. The molecule has 0 amide bonds. The van der Waals surface area contributed by atoms with Crippen LogP contribution in [-0.4, -0.2) is 19.9 Å². The monoisotopic (exact) mass is 295 g/mol. The first kappa shape index (κ1) is 13.2. The Bertz CT molecular complexity index is 880. The molecule has 0 saturated heterocycles. The fraction of sp³-hybridized carbons (Fsp3) is 0.0769. The van der Waals surface area contributed by atoms with E-state index in [0.29, 0.717) is 10.8 Å². The van der Waals surface area contributed by atoms with Crippen LogP contribution in [0.3, 0.4) is 0 Å². The Morgan fingerprint density at radius 1 is 1.19 bits per heavy atom. The van der Waals surface area contributed by atoms with Crippen LogP contribution in [0.2, 0.25) is 0 Å². The Labute approximate surface area is 115 Å². The molecule has 0 radical (unpaired) electrons. The van der Waals surface area contributed by atoms with E-state index >= 15 is 0 Å². The maximum Gasteiger partial charge on any atom is 0.423 e. The number of rotatable bonds is 1. The molecule has 0 unspecified atom stereocenters. The summed E-state index contributed by atoms with van der Waals surface area (Å²) in [4.78, 5) is 11.4. The number of aromatic nitrogens is 3. The Morgan fingerprint density at radius 2 is 1.90 bits per heavy atom. The van der Waals surface area contributed by atoms with Crippen LogP contribution >= 0.6 is 0 Å². The van der Waals surface area contributed by atoms with E-state index in [4.69, 9.17) is 0 Å². The van der Waals surface area contributed by atoms with Crippen molar-refractivity contribution < 1.29 is 18.3 Å². The molecule has 108 valence electrons. The van der Waals surface area contributed by atoms with Crippen molar-refractivity contribution in [1.29, 1.82) is 0 Å². The van der Waals surface area contributed by atoms with Crippen LogP contribution in [0, 0.1) is 0 Å². The average molecular weight is 295 g/mol. The summed E-state index contributed by atoms with van der Waals surface area (Å²) in [7, 11) is 0. The van der Waals surface area contributed by atoms with Crippen LogP contribution in [0.1, 0.15) is 5.56 Å². The molecule has 0 bridgehead atoms. The number of H-pyrrole nitrogens is 1. The summed E-state index contributed by atoms with van der Waals surface area (Å²) in [5.41, 5.74) is -3.00. The molecule has 2 N–H and O–H groups in total. The summed E-state index contributed by atoms with van der Waals surface area (Å²) >= 11 is 0. The molecule has 2 aromatic heterocycles. The number of nitrogens with one attached hydrogen (secondary N) is 1. The molecule has 3 aromatic rings. The molecule has 0 atom stereocenters. The number of fused-ring (bicyclic) bond motifs is 1. The number of alkyl halides is 3. The largest absolute Gasteiger partial charge is 0.508 e. The number of halogens is 3. The van der Waals surface area contributed by atoms with Gasteiger partial charge in [-0.3, -0.25) is 4.79 Å². The average Bonchev–Trinajstić information content (AvgIpc) is 2.79. The molecular formula is C13H8F3N3O2. The van der Waals surface area contributed by atoms with Gasteiger partial charge in [0, 0.05) is 23.2 Å². The minimum absolute atomic E-state index is 0.000304. The molecule has 8 heteroatoms. The highest BCUT2D eigenvalue weighted by Gasteiger charge is 2.37. The van der Waals surface area contributed by atoms with Crippen molar-refractivity contribution in [1.82, 2.24) is 14.8 Å². The van der Waals surface area contributed by atoms with Gasteiger partial charge in [-0.05, 0) is 18.2 Å². The van der Waals surface area contributed by atoms with Gasteiger partial charge in [0.15, 0.2) is 0 Å². The Morgan fingerprint density at radius 3 is 2.62 bits per heavy atom. The third-order valence-corrected chi connectivity index (χ3v) is 3.02. The Kier molecular flexibility index (Phi) is 2.75. The zero-order valence-corrected chi connectivity index (χ0v) is 10.3. The van der Waals surface area contributed by atoms with E-state index in [0.717, 1.165) is 10.8 Å². The molecule has 5 nitrogen and oxygen atoms in total. The number of aromatic amines is 1. The summed E-state index contributed by atoms with van der Waals surface area (Å²) in [5.74, 6) is 0.000304. The fourth-order valence-electron chi connectivity index (χ4n) is 2.13. The zero-order chi connectivity index (χ0) is 15.2. The Balaban J connectivity index is 2.28. The summed E-state index contributed by atoms with van der Waals surface area (Å²) in [5, 5.41) is 15.7. The number of aromatic hydroxyl groups is 1. The van der Waals surface area contributed by atoms with Crippen molar-refractivity contribution in [2.75, 3.05) is 0 Å². The second kappa shape index (κ2) is 4.37. The quantitative estimate of drug-likeness (QED) is 0.724. The molecular weight excluding hydrogens is 287 g/mol. The lowest BCUT2D eigenvalue weighted by molar-refractivity contribution is -0.138. The molecule has 0 fully saturated rings. The number of hydrogen-bond acceptors (Lipinski definition) is 3. The van der Waals surface area contributed by atoms with E-state index in [1.165, 1.54) is 24.5 Å². The van der Waals surface area contributed by atoms with Gasteiger partial charge in [-0.25, -0.2) is 5.10 Å². The van der Waals surface area contributed by atoms with Crippen molar-refractivity contribution in [3.63, 3.8) is 0 Å². The second-order valence-electron chi connectivity index (χ2n) is 4.44. The lowest BCUT2D eigenvalue weighted by Gasteiger charge is -2.11. The van der Waals surface area contributed by atoms with Gasteiger partial charge in [-0.1, -0.05) is 0 Å². The number of phenols is 1. The van der Waals surface area contributed by atoms with Crippen LogP contribution < -0.4 is 5.56 Å². The van der Waals surface area contributed by atoms with Gasteiger partial charge in [0.25, 0.3) is 5.56 Å². The molecule has 2 heterocycles. The summed E-state index contributed by atoms with van der Waals surface area (Å²) in [6.45, 7) is 0. The smallest absolute Gasteiger partial charge is 0.423 e. The maximum absolute atomic E-state index is 13.0. The van der Waals surface area contributed by atoms with Crippen molar-refractivity contribution in [2.24, 2.45) is 0 Å². The molecule has 3 rings (SSSR count). The highest BCUT2D eigenvalue weighted by molar-refractivity contribution is 5.84. The highest BCUT2D eigenvalue weighted by atomic mass is 19.4. The molecule has 0 saturated carbocycles. The topological polar surface area (TPSA) is 70.9 Å². The summed E-state index contributed by atoms with van der Waals surface area (Å²) in [6.07, 6.45) is -1.05. The first-order valence-corrected chi connectivity index (χ1v) is 5.82. The van der Waals surface area contributed by atoms with E-state index < -0.39 is 17.3 Å². The minimum atomic E-state index is -4.80. The van der Waals surface area contributed by atoms with E-state index in [2.05, 4.69) is 5.10 Å². The van der Waals surface area contributed by atoms with E-state index in [1.54, 1.807) is 11.2 Å². The highest BCUT2D eigenvalue weighted by Crippen LogP contribution is 2.32. The standard InChI is InChI=1S/C13H8F3N3O2/c14-13(15,16)11-10(4-17-18-12(11)21)19-5-7-1-2-9(20)3-8(7)6-19/h1-6,20H,(H,18,21). The molecule has 1 aromatic carbocycles. The zero-order valence-electron chi connectivity index (χ0n) is 10.3. The second-order valence-corrected chi connectivity index (χ2v) is 4.44. The normalized spacial score (nSPS) is 12.0. The van der Waals surface area contributed by atoms with Crippen LogP contribution in [0.5, 0.6) is 5.75 Å². The third kappa shape index (κ3) is 2.24. The van der Waals surface area contributed by atoms with Gasteiger partial charge in [0.1, 0.15) is 11.3 Å². The predicted octanol–water partition coefficient (Wildman–Crippen LogP) is 2.44. The number of phenolic OH excluding ortho intramolecular Hbond substituents is 1. The van der Waals surface area contributed by atoms with Gasteiger partial charge < -0.3 is 9.67 Å². The first-order valence-electron chi connectivity index (χ1n) is 5.82. The first-order chi connectivity index (χ1) is 9.86. The van der Waals surface area contributed by atoms with Gasteiger partial charge in [-0.15, -0.1) is 0 Å². The van der Waals surface area contributed by atoms with Crippen LogP contribution in [0.25, 0.3) is 16.5 Å². The van der Waals surface area contributed by atoms with E-state index in [-0.39, 0.29) is 11.4 Å². The molecule has 0 aliphatic heterocycles. The predicted molar refractivity (Wildman–Crippen MR) is 68.4 cm³/mol. The summed E-state index contributed by atoms with van der Waals surface area (Å²) < 4.78 is 40.2. The SMILES string of the molecule is O=c1[nH]ncc(-n2cc3ccc(O)cc3c2)c1C(F)(F)F. The van der Waals surface area contributed by atoms with Crippen LogP contribution in [0.15, 0.2) is 41.6 Å². The molecule has 21 heavy (non-hydrogen) atoms. The van der Waals surface area contributed by atoms with Gasteiger partial charge in [0.2, 0.25) is 0 Å². The van der Waals surface area contributed by atoms with E-state index in [9.17, 15) is 23.1 Å². The van der Waals surface area contributed by atoms with Crippen LogP contribution in [0.4, 0.5) is 13.2 Å². The van der Waals surface area contributed by atoms with Gasteiger partial charge >= 0.3 is 6.18 Å². The number of hydrogen-bond donors (Lipinski definition) is 2. The third-order valence-electron chi connectivity index (χ3n) is 3.02. The van der Waals surface area contributed by atoms with Crippen molar-refractivity contribution in [2.45, 2.75) is 6.18 Å². The molecule has 0 spiro atoms.